The van der Waals surface area contributed by atoms with Gasteiger partial charge in [0.1, 0.15) is 29.6 Å². The van der Waals surface area contributed by atoms with E-state index in [9.17, 15) is 9.59 Å². The zero-order valence-electron chi connectivity index (χ0n) is 20.8. The minimum atomic E-state index is -0.737. The van der Waals surface area contributed by atoms with E-state index in [2.05, 4.69) is 20.0 Å². The average molecular weight is 501 g/mol. The molecule has 5 rings (SSSR count). The number of carbonyl (C=O) groups excluding carboxylic acids is 1. The van der Waals surface area contributed by atoms with Crippen LogP contribution in [0.2, 0.25) is 0 Å². The minimum absolute atomic E-state index is 0.149. The Balaban J connectivity index is 1.25. The molecule has 0 radical (unpaired) electrons. The van der Waals surface area contributed by atoms with E-state index in [4.69, 9.17) is 9.15 Å². The summed E-state index contributed by atoms with van der Waals surface area (Å²) in [5.74, 6) is 2.02. The molecule has 1 aliphatic heterocycles. The molecule has 0 saturated carbocycles. The van der Waals surface area contributed by atoms with E-state index in [1.165, 1.54) is 10.7 Å². The summed E-state index contributed by atoms with van der Waals surface area (Å²) in [6.07, 6.45) is 3.10. The maximum Gasteiger partial charge on any atom is 0.267 e. The summed E-state index contributed by atoms with van der Waals surface area (Å²) in [6, 6.07) is 15.5. The molecular weight excluding hydrogens is 472 g/mol. The van der Waals surface area contributed by atoms with Crippen LogP contribution in [0.25, 0.3) is 22.7 Å². The third kappa shape index (κ3) is 5.23. The van der Waals surface area contributed by atoms with E-state index in [1.54, 1.807) is 42.6 Å². The third-order valence-corrected chi connectivity index (χ3v) is 6.35. The Morgan fingerprint density at radius 3 is 2.51 bits per heavy atom. The molecule has 4 heterocycles. The van der Waals surface area contributed by atoms with Crippen molar-refractivity contribution in [3.05, 3.63) is 77.5 Å². The van der Waals surface area contributed by atoms with E-state index < -0.39 is 6.04 Å². The molecule has 1 fully saturated rings. The number of anilines is 1. The summed E-state index contributed by atoms with van der Waals surface area (Å²) in [4.78, 5) is 38.5. The lowest BCUT2D eigenvalue weighted by molar-refractivity contribution is -0.135. The second-order valence-electron chi connectivity index (χ2n) is 8.69. The summed E-state index contributed by atoms with van der Waals surface area (Å²) in [5.41, 5.74) is 1.96. The van der Waals surface area contributed by atoms with Crippen molar-refractivity contribution >= 4 is 11.7 Å². The van der Waals surface area contributed by atoms with Crippen molar-refractivity contribution in [3.8, 4) is 28.5 Å². The summed E-state index contributed by atoms with van der Waals surface area (Å²) in [5, 5.41) is 4.37. The molecule has 10 nitrogen and oxygen atoms in total. The van der Waals surface area contributed by atoms with E-state index in [0.29, 0.717) is 44.2 Å². The predicted octanol–water partition coefficient (Wildman–Crippen LogP) is 3.27. The van der Waals surface area contributed by atoms with E-state index in [0.717, 1.165) is 22.8 Å². The summed E-state index contributed by atoms with van der Waals surface area (Å²) in [6.45, 7) is 6.53. The molecular formula is C27H28N6O4. The van der Waals surface area contributed by atoms with Gasteiger partial charge in [0.15, 0.2) is 5.76 Å². The van der Waals surface area contributed by atoms with Gasteiger partial charge in [-0.15, -0.1) is 0 Å². The standard InChI is InChI=1S/C27H28N6O4/c1-3-36-21-8-6-20(7-9-21)23-17-25(29-18-28-23)31-12-14-32(15-13-31)27(35)19(2)33-26(34)11-10-22(30-33)24-5-4-16-37-24/h4-11,16-19H,3,12-15H2,1-2H3. The van der Waals surface area contributed by atoms with E-state index in [-0.39, 0.29) is 11.5 Å². The fourth-order valence-electron chi connectivity index (χ4n) is 4.35. The van der Waals surface area contributed by atoms with Gasteiger partial charge in [-0.05, 0) is 56.3 Å². The van der Waals surface area contributed by atoms with Crippen molar-refractivity contribution in [1.82, 2.24) is 24.6 Å². The Labute approximate surface area is 214 Å². The molecule has 0 aliphatic carbocycles. The van der Waals surface area contributed by atoms with Crippen molar-refractivity contribution in [1.29, 1.82) is 0 Å². The molecule has 1 unspecified atom stereocenters. The number of hydrogen-bond acceptors (Lipinski definition) is 8. The topological polar surface area (TPSA) is 107 Å². The molecule has 1 aliphatic rings. The third-order valence-electron chi connectivity index (χ3n) is 6.35. The van der Waals surface area contributed by atoms with Crippen molar-refractivity contribution in [2.45, 2.75) is 19.9 Å². The van der Waals surface area contributed by atoms with Crippen LogP contribution in [0.3, 0.4) is 0 Å². The predicted molar refractivity (Wildman–Crippen MR) is 138 cm³/mol. The first kappa shape index (κ1) is 24.2. The summed E-state index contributed by atoms with van der Waals surface area (Å²) >= 11 is 0. The van der Waals surface area contributed by atoms with Crippen molar-refractivity contribution in [3.63, 3.8) is 0 Å². The molecule has 0 N–H and O–H groups in total. The summed E-state index contributed by atoms with van der Waals surface area (Å²) in [7, 11) is 0. The van der Waals surface area contributed by atoms with Gasteiger partial charge in [0.05, 0.1) is 18.6 Å². The van der Waals surface area contributed by atoms with Gasteiger partial charge >= 0.3 is 0 Å². The van der Waals surface area contributed by atoms with Gasteiger partial charge in [-0.25, -0.2) is 14.6 Å². The lowest BCUT2D eigenvalue weighted by Crippen LogP contribution is -2.51. The number of hydrogen-bond donors (Lipinski definition) is 0. The van der Waals surface area contributed by atoms with Crippen LogP contribution >= 0.6 is 0 Å². The summed E-state index contributed by atoms with van der Waals surface area (Å²) < 4.78 is 12.1. The van der Waals surface area contributed by atoms with Crippen LogP contribution in [0, 0.1) is 0 Å². The average Bonchev–Trinajstić information content (AvgIpc) is 3.49. The van der Waals surface area contributed by atoms with Crippen molar-refractivity contribution in [2.75, 3.05) is 37.7 Å². The van der Waals surface area contributed by atoms with Gasteiger partial charge in [0, 0.05) is 43.9 Å². The Bertz CT molecular complexity index is 1410. The smallest absolute Gasteiger partial charge is 0.267 e. The molecule has 1 amide bonds. The molecule has 4 aromatic rings. The van der Waals surface area contributed by atoms with Crippen LogP contribution in [0.1, 0.15) is 19.9 Å². The van der Waals surface area contributed by atoms with Crippen LogP contribution in [0.5, 0.6) is 5.75 Å². The lowest BCUT2D eigenvalue weighted by atomic mass is 10.1. The van der Waals surface area contributed by atoms with Crippen molar-refractivity contribution in [2.24, 2.45) is 0 Å². The number of amides is 1. The Hall–Kier alpha value is -4.47. The number of rotatable bonds is 7. The quantitative estimate of drug-likeness (QED) is 0.381. The van der Waals surface area contributed by atoms with Crippen LogP contribution < -0.4 is 15.2 Å². The Morgan fingerprint density at radius 1 is 1.03 bits per heavy atom. The first-order valence-electron chi connectivity index (χ1n) is 12.3. The number of nitrogens with zero attached hydrogens (tertiary/aromatic N) is 6. The monoisotopic (exact) mass is 500 g/mol. The van der Waals surface area contributed by atoms with Crippen LogP contribution in [-0.2, 0) is 4.79 Å². The molecule has 37 heavy (non-hydrogen) atoms. The van der Waals surface area contributed by atoms with Gasteiger partial charge in [0.25, 0.3) is 5.56 Å². The fraction of sp³-hybridized carbons (Fsp3) is 0.296. The second kappa shape index (κ2) is 10.7. The molecule has 1 saturated heterocycles. The fourth-order valence-corrected chi connectivity index (χ4v) is 4.35. The highest BCUT2D eigenvalue weighted by Crippen LogP contribution is 2.24. The first-order chi connectivity index (χ1) is 18.0. The van der Waals surface area contributed by atoms with Gasteiger partial charge < -0.3 is 19.0 Å². The van der Waals surface area contributed by atoms with E-state index in [1.807, 2.05) is 37.3 Å². The zero-order chi connectivity index (χ0) is 25.8. The second-order valence-corrected chi connectivity index (χ2v) is 8.69. The molecule has 1 aromatic carbocycles. The van der Waals surface area contributed by atoms with Crippen LogP contribution in [0.15, 0.2) is 76.4 Å². The van der Waals surface area contributed by atoms with Crippen LogP contribution in [0.4, 0.5) is 5.82 Å². The number of furan rings is 1. The lowest BCUT2D eigenvalue weighted by Gasteiger charge is -2.36. The van der Waals surface area contributed by atoms with Gasteiger partial charge in [-0.3, -0.25) is 9.59 Å². The zero-order valence-corrected chi connectivity index (χ0v) is 20.8. The van der Waals surface area contributed by atoms with E-state index >= 15 is 0 Å². The molecule has 190 valence electrons. The van der Waals surface area contributed by atoms with Crippen LogP contribution in [-0.4, -0.2) is 63.3 Å². The minimum Gasteiger partial charge on any atom is -0.494 e. The normalized spacial score (nSPS) is 14.4. The number of carbonyl (C=O) groups is 1. The maximum atomic E-state index is 13.3. The highest BCUT2D eigenvalue weighted by molar-refractivity contribution is 5.80. The number of aromatic nitrogens is 4. The van der Waals surface area contributed by atoms with Gasteiger partial charge in [-0.2, -0.15) is 5.10 Å². The maximum absolute atomic E-state index is 13.3. The molecule has 10 heteroatoms. The van der Waals surface area contributed by atoms with Crippen molar-refractivity contribution < 1.29 is 13.9 Å². The molecule has 1 atom stereocenters. The van der Waals surface area contributed by atoms with Gasteiger partial charge in [-0.1, -0.05) is 0 Å². The largest absolute Gasteiger partial charge is 0.494 e. The molecule has 3 aromatic heterocycles. The number of ether oxygens (including phenoxy) is 1. The first-order valence-corrected chi connectivity index (χ1v) is 12.3. The molecule has 0 spiro atoms. The number of benzene rings is 1. The highest BCUT2D eigenvalue weighted by Gasteiger charge is 2.28. The highest BCUT2D eigenvalue weighted by atomic mass is 16.5. The Kier molecular flexibility index (Phi) is 6.98. The Morgan fingerprint density at radius 2 is 1.81 bits per heavy atom. The SMILES string of the molecule is CCOc1ccc(-c2cc(N3CCN(C(=O)C(C)n4nc(-c5ccco5)ccc4=O)CC3)ncn2)cc1. The van der Waals surface area contributed by atoms with Gasteiger partial charge in [0.2, 0.25) is 5.91 Å². The number of piperazine rings is 1. The molecule has 0 bridgehead atoms.